The molecule has 1 fully saturated rings. The van der Waals surface area contributed by atoms with Gasteiger partial charge in [0, 0.05) is 56.4 Å². The summed E-state index contributed by atoms with van der Waals surface area (Å²) in [6, 6.07) is 22.9. The van der Waals surface area contributed by atoms with Crippen LogP contribution in [0.15, 0.2) is 84.3 Å². The molecular formula is C28H28N8S. The van der Waals surface area contributed by atoms with Crippen molar-refractivity contribution in [2.75, 3.05) is 31.1 Å². The molecule has 2 aromatic carbocycles. The monoisotopic (exact) mass is 508 g/mol. The SMILES string of the molecule is Cc1c(-c2ccnc(N3CCN(Cc4ccccc4)CC3)n2)cnc2nc(SCc3ccccc3)nn12. The molecule has 0 atom stereocenters. The molecule has 4 heterocycles. The van der Waals surface area contributed by atoms with E-state index in [1.165, 1.54) is 11.1 Å². The van der Waals surface area contributed by atoms with Crippen LogP contribution in [0.2, 0.25) is 0 Å². The highest BCUT2D eigenvalue weighted by atomic mass is 32.2. The predicted octanol–water partition coefficient (Wildman–Crippen LogP) is 4.50. The van der Waals surface area contributed by atoms with Crippen molar-refractivity contribution in [2.45, 2.75) is 24.4 Å². The van der Waals surface area contributed by atoms with Crippen LogP contribution in [0.1, 0.15) is 16.8 Å². The van der Waals surface area contributed by atoms with Crippen LogP contribution < -0.4 is 4.90 Å². The second-order valence-electron chi connectivity index (χ2n) is 9.13. The lowest BCUT2D eigenvalue weighted by atomic mass is 10.2. The molecule has 0 amide bonds. The fourth-order valence-electron chi connectivity index (χ4n) is 4.56. The Bertz CT molecular complexity index is 1480. The van der Waals surface area contributed by atoms with Crippen molar-refractivity contribution in [3.05, 3.63) is 95.9 Å². The Labute approximate surface area is 220 Å². The number of aromatic nitrogens is 6. The van der Waals surface area contributed by atoms with Gasteiger partial charge in [-0.15, -0.1) is 5.10 Å². The van der Waals surface area contributed by atoms with Gasteiger partial charge in [-0.2, -0.15) is 9.50 Å². The number of anilines is 1. The molecule has 0 bridgehead atoms. The molecule has 0 N–H and O–H groups in total. The maximum absolute atomic E-state index is 4.92. The van der Waals surface area contributed by atoms with Crippen LogP contribution in [-0.2, 0) is 12.3 Å². The van der Waals surface area contributed by atoms with Crippen molar-refractivity contribution in [1.29, 1.82) is 0 Å². The van der Waals surface area contributed by atoms with E-state index in [-0.39, 0.29) is 0 Å². The Kier molecular flexibility index (Phi) is 6.79. The Balaban J connectivity index is 1.16. The van der Waals surface area contributed by atoms with E-state index in [0.717, 1.165) is 61.4 Å². The molecule has 186 valence electrons. The summed E-state index contributed by atoms with van der Waals surface area (Å²) < 4.78 is 1.81. The number of piperazine rings is 1. The first-order chi connectivity index (χ1) is 18.2. The van der Waals surface area contributed by atoms with Crippen molar-refractivity contribution in [2.24, 2.45) is 0 Å². The number of benzene rings is 2. The summed E-state index contributed by atoms with van der Waals surface area (Å²) in [5, 5.41) is 5.43. The van der Waals surface area contributed by atoms with Gasteiger partial charge in [0.2, 0.25) is 11.1 Å². The van der Waals surface area contributed by atoms with E-state index in [0.29, 0.717) is 10.9 Å². The molecular weight excluding hydrogens is 480 g/mol. The average molecular weight is 509 g/mol. The number of fused-ring (bicyclic) bond motifs is 1. The summed E-state index contributed by atoms with van der Waals surface area (Å²) in [5.41, 5.74) is 5.33. The Hall–Kier alpha value is -3.82. The second-order valence-corrected chi connectivity index (χ2v) is 10.1. The standard InChI is InChI=1S/C28H28N8S/c1-21-24(18-30-27-32-28(33-36(21)27)37-20-23-10-6-3-7-11-23)25-12-13-29-26(31-25)35-16-14-34(15-17-35)19-22-8-4-2-5-9-22/h2-13,18H,14-17,19-20H2,1H3. The first-order valence-electron chi connectivity index (χ1n) is 12.5. The molecule has 6 rings (SSSR count). The predicted molar refractivity (Wildman–Crippen MR) is 146 cm³/mol. The number of hydrogen-bond donors (Lipinski definition) is 0. The average Bonchev–Trinajstić information content (AvgIpc) is 3.38. The topological polar surface area (TPSA) is 75.3 Å². The van der Waals surface area contributed by atoms with Crippen molar-refractivity contribution in [3.8, 4) is 11.3 Å². The molecule has 0 saturated carbocycles. The van der Waals surface area contributed by atoms with Gasteiger partial charge in [-0.3, -0.25) is 4.90 Å². The van der Waals surface area contributed by atoms with Gasteiger partial charge in [0.1, 0.15) is 0 Å². The van der Waals surface area contributed by atoms with E-state index in [1.54, 1.807) is 11.8 Å². The summed E-state index contributed by atoms with van der Waals surface area (Å²) in [7, 11) is 0. The molecule has 1 saturated heterocycles. The fourth-order valence-corrected chi connectivity index (χ4v) is 5.33. The molecule has 8 nitrogen and oxygen atoms in total. The van der Waals surface area contributed by atoms with Gasteiger partial charge in [-0.1, -0.05) is 72.4 Å². The molecule has 0 aliphatic carbocycles. The summed E-state index contributed by atoms with van der Waals surface area (Å²) >= 11 is 1.61. The maximum atomic E-state index is 4.92. The molecule has 0 spiro atoms. The van der Waals surface area contributed by atoms with E-state index in [1.807, 2.05) is 48.1 Å². The van der Waals surface area contributed by atoms with Crippen LogP contribution in [-0.4, -0.2) is 60.6 Å². The summed E-state index contributed by atoms with van der Waals surface area (Å²) in [6.45, 7) is 6.78. The lowest BCUT2D eigenvalue weighted by Gasteiger charge is -2.34. The lowest BCUT2D eigenvalue weighted by molar-refractivity contribution is 0.248. The van der Waals surface area contributed by atoms with E-state index < -0.39 is 0 Å². The molecule has 0 unspecified atom stereocenters. The van der Waals surface area contributed by atoms with E-state index >= 15 is 0 Å². The van der Waals surface area contributed by atoms with Crippen LogP contribution in [0.5, 0.6) is 0 Å². The summed E-state index contributed by atoms with van der Waals surface area (Å²) in [6.07, 6.45) is 3.68. The zero-order valence-electron chi connectivity index (χ0n) is 20.7. The van der Waals surface area contributed by atoms with Crippen molar-refractivity contribution < 1.29 is 0 Å². The molecule has 5 aromatic rings. The Morgan fingerprint density at radius 1 is 0.811 bits per heavy atom. The highest BCUT2D eigenvalue weighted by Gasteiger charge is 2.20. The highest BCUT2D eigenvalue weighted by molar-refractivity contribution is 7.98. The number of aryl methyl sites for hydroxylation is 1. The lowest BCUT2D eigenvalue weighted by Crippen LogP contribution is -2.46. The minimum atomic E-state index is 0.598. The van der Waals surface area contributed by atoms with E-state index in [4.69, 9.17) is 10.1 Å². The zero-order valence-corrected chi connectivity index (χ0v) is 21.6. The third-order valence-corrected chi connectivity index (χ3v) is 7.53. The normalized spacial score (nSPS) is 14.4. The number of thioether (sulfide) groups is 1. The van der Waals surface area contributed by atoms with Gasteiger partial charge < -0.3 is 4.90 Å². The molecule has 3 aromatic heterocycles. The van der Waals surface area contributed by atoms with E-state index in [2.05, 4.69) is 67.2 Å². The largest absolute Gasteiger partial charge is 0.338 e. The third-order valence-electron chi connectivity index (χ3n) is 6.62. The summed E-state index contributed by atoms with van der Waals surface area (Å²) in [4.78, 5) is 23.4. The van der Waals surface area contributed by atoms with E-state index in [9.17, 15) is 0 Å². The molecule has 1 aliphatic rings. The Morgan fingerprint density at radius 3 is 2.30 bits per heavy atom. The molecule has 1 aliphatic heterocycles. The van der Waals surface area contributed by atoms with Crippen molar-refractivity contribution >= 4 is 23.5 Å². The highest BCUT2D eigenvalue weighted by Crippen LogP contribution is 2.25. The molecule has 0 radical (unpaired) electrons. The van der Waals surface area contributed by atoms with Crippen LogP contribution in [0.3, 0.4) is 0 Å². The number of hydrogen-bond acceptors (Lipinski definition) is 8. The quantitative estimate of drug-likeness (QED) is 0.298. The molecule has 9 heteroatoms. The minimum Gasteiger partial charge on any atom is -0.338 e. The molecule has 37 heavy (non-hydrogen) atoms. The zero-order chi connectivity index (χ0) is 25.0. The minimum absolute atomic E-state index is 0.598. The van der Waals surface area contributed by atoms with Crippen molar-refractivity contribution in [1.82, 2.24) is 34.4 Å². The van der Waals surface area contributed by atoms with Gasteiger partial charge in [-0.05, 0) is 24.1 Å². The van der Waals surface area contributed by atoms with Crippen LogP contribution in [0, 0.1) is 6.92 Å². The first kappa shape index (κ1) is 23.6. The van der Waals surface area contributed by atoms with Crippen molar-refractivity contribution in [3.63, 3.8) is 0 Å². The van der Waals surface area contributed by atoms with Crippen LogP contribution in [0.4, 0.5) is 5.95 Å². The summed E-state index contributed by atoms with van der Waals surface area (Å²) in [5.74, 6) is 2.17. The van der Waals surface area contributed by atoms with Gasteiger partial charge in [0.05, 0.1) is 11.4 Å². The fraction of sp³-hybridized carbons (Fsp3) is 0.250. The van der Waals surface area contributed by atoms with Gasteiger partial charge in [0.15, 0.2) is 0 Å². The second kappa shape index (κ2) is 10.7. The maximum Gasteiger partial charge on any atom is 0.253 e. The van der Waals surface area contributed by atoms with Gasteiger partial charge in [0.25, 0.3) is 5.78 Å². The van der Waals surface area contributed by atoms with Crippen LogP contribution in [0.25, 0.3) is 17.0 Å². The first-order valence-corrected chi connectivity index (χ1v) is 13.5. The third kappa shape index (κ3) is 5.33. The smallest absolute Gasteiger partial charge is 0.253 e. The van der Waals surface area contributed by atoms with Gasteiger partial charge >= 0.3 is 0 Å². The van der Waals surface area contributed by atoms with Gasteiger partial charge in [-0.25, -0.2) is 15.0 Å². The number of rotatable bonds is 7. The Morgan fingerprint density at radius 2 is 1.54 bits per heavy atom. The van der Waals surface area contributed by atoms with Crippen LogP contribution >= 0.6 is 11.8 Å². The number of nitrogens with zero attached hydrogens (tertiary/aromatic N) is 8.